The molecule has 2 aromatic heterocycles. The number of benzene rings is 2. The Kier molecular flexibility index (Phi) is 6.46. The third kappa shape index (κ3) is 4.52. The zero-order valence-corrected chi connectivity index (χ0v) is 22.2. The predicted molar refractivity (Wildman–Crippen MR) is 146 cm³/mol. The molecule has 3 heterocycles. The van der Waals surface area contributed by atoms with E-state index in [1.54, 1.807) is 28.6 Å². The number of fused-ring (bicyclic) bond motifs is 3. The molecule has 0 bridgehead atoms. The van der Waals surface area contributed by atoms with Gasteiger partial charge in [-0.15, -0.1) is 11.3 Å². The number of thiophene rings is 1. The maximum absolute atomic E-state index is 13.2. The van der Waals surface area contributed by atoms with Gasteiger partial charge in [0.05, 0.1) is 10.3 Å². The Morgan fingerprint density at radius 1 is 0.889 bits per heavy atom. The van der Waals surface area contributed by atoms with Crippen molar-refractivity contribution in [2.24, 2.45) is 0 Å². The van der Waals surface area contributed by atoms with Gasteiger partial charge in [-0.05, 0) is 61.1 Å². The highest BCUT2D eigenvalue weighted by Gasteiger charge is 2.31. The maximum Gasteiger partial charge on any atom is 0.243 e. The average Bonchev–Trinajstić information content (AvgIpc) is 3.28. The van der Waals surface area contributed by atoms with Crippen LogP contribution in [0, 0.1) is 0 Å². The molecular weight excluding hydrogens is 512 g/mol. The summed E-state index contributed by atoms with van der Waals surface area (Å²) in [6.07, 6.45) is 5.26. The van der Waals surface area contributed by atoms with Crippen molar-refractivity contribution in [2.75, 3.05) is 31.1 Å². The number of halogens is 1. The minimum Gasteiger partial charge on any atom is -0.353 e. The van der Waals surface area contributed by atoms with Gasteiger partial charge < -0.3 is 4.90 Å². The molecule has 6 nitrogen and oxygen atoms in total. The Hall–Kier alpha value is -2.52. The van der Waals surface area contributed by atoms with E-state index in [9.17, 15) is 8.42 Å². The monoisotopic (exact) mass is 538 g/mol. The van der Waals surface area contributed by atoms with E-state index in [2.05, 4.69) is 17.0 Å². The van der Waals surface area contributed by atoms with E-state index in [0.29, 0.717) is 37.6 Å². The Morgan fingerprint density at radius 2 is 1.61 bits per heavy atom. The Bertz CT molecular complexity index is 1500. The van der Waals surface area contributed by atoms with Gasteiger partial charge in [-0.3, -0.25) is 0 Å². The second-order valence-electron chi connectivity index (χ2n) is 9.36. The fourth-order valence-electron chi connectivity index (χ4n) is 5.16. The highest BCUT2D eigenvalue weighted by molar-refractivity contribution is 7.89. The van der Waals surface area contributed by atoms with Crippen molar-refractivity contribution < 1.29 is 8.42 Å². The van der Waals surface area contributed by atoms with Gasteiger partial charge in [0.15, 0.2) is 0 Å². The van der Waals surface area contributed by atoms with Gasteiger partial charge in [0, 0.05) is 42.5 Å². The summed E-state index contributed by atoms with van der Waals surface area (Å²) < 4.78 is 28.0. The number of rotatable bonds is 5. The van der Waals surface area contributed by atoms with Crippen molar-refractivity contribution >= 4 is 49.0 Å². The molecule has 2 aromatic carbocycles. The summed E-state index contributed by atoms with van der Waals surface area (Å²) in [5, 5.41) is 1.71. The molecular formula is C27H27ClN4O2S2. The third-order valence-corrected chi connectivity index (χ3v) is 10.4. The summed E-state index contributed by atoms with van der Waals surface area (Å²) in [7, 11) is -3.56. The Morgan fingerprint density at radius 3 is 2.36 bits per heavy atom. The molecule has 0 atom stereocenters. The van der Waals surface area contributed by atoms with E-state index >= 15 is 0 Å². The van der Waals surface area contributed by atoms with Crippen molar-refractivity contribution in [3.8, 4) is 0 Å². The first-order valence-electron chi connectivity index (χ1n) is 12.3. The number of aryl methyl sites for hydroxylation is 2. The number of anilines is 1. The number of aromatic nitrogens is 2. The molecule has 4 aromatic rings. The SMILES string of the molecule is O=S(=O)(c1ccc(Cl)cc1)N1CCN(c2nc(Cc3ccccc3)nc3sc4c(c23)CCCC4)CC1. The van der Waals surface area contributed by atoms with Gasteiger partial charge in [0.25, 0.3) is 0 Å². The van der Waals surface area contributed by atoms with Crippen molar-refractivity contribution in [3.63, 3.8) is 0 Å². The lowest BCUT2D eigenvalue weighted by Gasteiger charge is -2.35. The van der Waals surface area contributed by atoms with Crippen LogP contribution < -0.4 is 4.90 Å². The van der Waals surface area contributed by atoms with Gasteiger partial charge in [0.2, 0.25) is 10.0 Å². The first kappa shape index (κ1) is 23.9. The van der Waals surface area contributed by atoms with Crippen LogP contribution in [0.4, 0.5) is 5.82 Å². The van der Waals surface area contributed by atoms with Crippen LogP contribution in [0.1, 0.15) is 34.7 Å². The highest BCUT2D eigenvalue weighted by Crippen LogP contribution is 2.40. The molecule has 1 fully saturated rings. The smallest absolute Gasteiger partial charge is 0.243 e. The molecule has 36 heavy (non-hydrogen) atoms. The molecule has 0 unspecified atom stereocenters. The van der Waals surface area contributed by atoms with E-state index in [-0.39, 0.29) is 4.90 Å². The van der Waals surface area contributed by atoms with Crippen LogP contribution in [0.3, 0.4) is 0 Å². The van der Waals surface area contributed by atoms with Gasteiger partial charge in [0.1, 0.15) is 16.5 Å². The summed E-state index contributed by atoms with van der Waals surface area (Å²) in [6, 6.07) is 16.7. The molecule has 0 spiro atoms. The molecule has 0 N–H and O–H groups in total. The minimum absolute atomic E-state index is 0.279. The molecule has 0 amide bonds. The summed E-state index contributed by atoms with van der Waals surface area (Å²) in [6.45, 7) is 2.01. The molecule has 1 aliphatic carbocycles. The van der Waals surface area contributed by atoms with Crippen molar-refractivity contribution in [1.82, 2.24) is 14.3 Å². The molecule has 186 valence electrons. The first-order chi connectivity index (χ1) is 17.5. The molecule has 6 rings (SSSR count). The largest absolute Gasteiger partial charge is 0.353 e. The average molecular weight is 539 g/mol. The Balaban J connectivity index is 1.32. The van der Waals surface area contributed by atoms with Crippen LogP contribution in [0.25, 0.3) is 10.2 Å². The molecule has 0 saturated carbocycles. The molecule has 1 aliphatic heterocycles. The zero-order valence-electron chi connectivity index (χ0n) is 19.9. The molecule has 0 radical (unpaired) electrons. The fourth-order valence-corrected chi connectivity index (χ4v) is 7.99. The van der Waals surface area contributed by atoms with Gasteiger partial charge >= 0.3 is 0 Å². The first-order valence-corrected chi connectivity index (χ1v) is 15.0. The van der Waals surface area contributed by atoms with E-state index in [4.69, 9.17) is 21.6 Å². The van der Waals surface area contributed by atoms with Crippen LogP contribution in [0.15, 0.2) is 59.5 Å². The van der Waals surface area contributed by atoms with Crippen molar-refractivity contribution in [1.29, 1.82) is 0 Å². The summed E-state index contributed by atoms with van der Waals surface area (Å²) >= 11 is 7.77. The molecule has 9 heteroatoms. The van der Waals surface area contributed by atoms with E-state index < -0.39 is 10.0 Å². The lowest BCUT2D eigenvalue weighted by atomic mass is 9.97. The third-order valence-electron chi connectivity index (χ3n) is 7.04. The number of hydrogen-bond donors (Lipinski definition) is 0. The van der Waals surface area contributed by atoms with E-state index in [1.165, 1.54) is 34.2 Å². The fraction of sp³-hybridized carbons (Fsp3) is 0.333. The summed E-state index contributed by atoms with van der Waals surface area (Å²) in [5.74, 6) is 1.78. The van der Waals surface area contributed by atoms with Crippen LogP contribution in [-0.2, 0) is 29.3 Å². The topological polar surface area (TPSA) is 66.4 Å². The van der Waals surface area contributed by atoms with Crippen molar-refractivity contribution in [3.05, 3.63) is 81.4 Å². The lowest BCUT2D eigenvalue weighted by Crippen LogP contribution is -2.49. The van der Waals surface area contributed by atoms with Crippen LogP contribution in [-0.4, -0.2) is 48.9 Å². The van der Waals surface area contributed by atoms with E-state index in [1.807, 2.05) is 29.5 Å². The second kappa shape index (κ2) is 9.74. The highest BCUT2D eigenvalue weighted by atomic mass is 35.5. The van der Waals surface area contributed by atoms with Crippen LogP contribution in [0.2, 0.25) is 5.02 Å². The number of sulfonamides is 1. The van der Waals surface area contributed by atoms with Crippen LogP contribution >= 0.6 is 22.9 Å². The van der Waals surface area contributed by atoms with E-state index in [0.717, 1.165) is 29.3 Å². The van der Waals surface area contributed by atoms with Gasteiger partial charge in [-0.2, -0.15) is 4.31 Å². The predicted octanol–water partition coefficient (Wildman–Crippen LogP) is 5.33. The second-order valence-corrected chi connectivity index (χ2v) is 12.8. The lowest BCUT2D eigenvalue weighted by molar-refractivity contribution is 0.384. The zero-order chi connectivity index (χ0) is 24.7. The van der Waals surface area contributed by atoms with Gasteiger partial charge in [-0.25, -0.2) is 18.4 Å². The normalized spacial score (nSPS) is 16.9. The number of piperazine rings is 1. The quantitative estimate of drug-likeness (QED) is 0.344. The standard InChI is InChI=1S/C27H27ClN4O2S2/c28-20-10-12-21(13-11-20)36(33,34)32-16-14-31(15-17-32)26-25-22-8-4-5-9-23(22)35-27(25)30-24(29-26)18-19-6-2-1-3-7-19/h1-3,6-7,10-13H,4-5,8-9,14-18H2. The minimum atomic E-state index is -3.56. The number of nitrogens with zero attached hydrogens (tertiary/aromatic N) is 4. The maximum atomic E-state index is 13.2. The molecule has 2 aliphatic rings. The number of hydrogen-bond acceptors (Lipinski definition) is 6. The Labute approximate surface area is 220 Å². The summed E-state index contributed by atoms with van der Waals surface area (Å²) in [5.41, 5.74) is 2.58. The summed E-state index contributed by atoms with van der Waals surface area (Å²) in [4.78, 5) is 15.1. The van der Waals surface area contributed by atoms with Crippen molar-refractivity contribution in [2.45, 2.75) is 37.0 Å². The van der Waals surface area contributed by atoms with Gasteiger partial charge in [-0.1, -0.05) is 41.9 Å². The molecule has 1 saturated heterocycles. The van der Waals surface area contributed by atoms with Crippen LogP contribution in [0.5, 0.6) is 0 Å².